The number of aliphatic hydroxyl groups excluding tert-OH is 8. The number of aliphatic hydroxyl groups is 8. The first-order chi connectivity index (χ1) is 43.1. The summed E-state index contributed by atoms with van der Waals surface area (Å²) in [7, 11) is 0. The largest absolute Gasteiger partial charge is 0.394 e. The number of hydrogen-bond donors (Lipinski definition) is 9. The molecule has 2 aliphatic heterocycles. The molecule has 0 saturated carbocycles. The van der Waals surface area contributed by atoms with Crippen molar-refractivity contribution in [1.82, 2.24) is 5.32 Å². The molecule has 12 atom stereocenters. The molecule has 2 fully saturated rings. The Morgan fingerprint density at radius 1 is 0.364 bits per heavy atom. The smallest absolute Gasteiger partial charge is 0.220 e. The molecular weight excluding hydrogens is 1110 g/mol. The van der Waals surface area contributed by atoms with Crippen LogP contribution in [0.4, 0.5) is 0 Å². The van der Waals surface area contributed by atoms with Crippen molar-refractivity contribution in [3.05, 3.63) is 0 Å². The van der Waals surface area contributed by atoms with E-state index >= 15 is 0 Å². The number of carbonyl (C=O) groups excluding carboxylic acids is 1. The lowest BCUT2D eigenvalue weighted by atomic mass is 9.97. The van der Waals surface area contributed by atoms with Crippen molar-refractivity contribution in [1.29, 1.82) is 0 Å². The normalized spacial score (nSPS) is 23.0. The van der Waals surface area contributed by atoms with Crippen LogP contribution in [0, 0.1) is 0 Å². The predicted molar refractivity (Wildman–Crippen MR) is 360 cm³/mol. The highest BCUT2D eigenvalue weighted by atomic mass is 16.7. The number of ether oxygens (including phenoxy) is 4. The highest BCUT2D eigenvalue weighted by Crippen LogP contribution is 2.30. The number of amides is 1. The van der Waals surface area contributed by atoms with Gasteiger partial charge in [-0.05, 0) is 12.8 Å². The monoisotopic (exact) mass is 1260 g/mol. The molecule has 2 saturated heterocycles. The molecule has 2 rings (SSSR count). The average Bonchev–Trinajstić information content (AvgIpc) is 1.73. The lowest BCUT2D eigenvalue weighted by Gasteiger charge is -2.46. The van der Waals surface area contributed by atoms with Crippen LogP contribution >= 0.6 is 0 Å². The zero-order chi connectivity index (χ0) is 63.8. The standard InChI is InChI=1S/C74H145NO13/c1-3-5-7-9-11-13-15-17-19-21-23-25-26-27-28-29-30-31-32-33-34-35-36-37-38-40-42-44-46-48-50-52-54-56-58-66(79)75-62(63(78)57-55-53-51-49-47-45-43-41-39-24-22-20-18-16-14-12-10-8-6-4-2)61-85-73-71(84)69(82)72(65(60-77)87-73)88-74-70(83)68(81)67(80)64(59-76)86-74/h62-65,67-74,76-78,80-84H,3-61H2,1-2H3,(H,75,79). The minimum absolute atomic E-state index is 0.196. The van der Waals surface area contributed by atoms with Crippen molar-refractivity contribution in [2.24, 2.45) is 0 Å². The second-order valence-electron chi connectivity index (χ2n) is 27.5. The van der Waals surface area contributed by atoms with Crippen molar-refractivity contribution in [2.45, 2.75) is 447 Å². The summed E-state index contributed by atoms with van der Waals surface area (Å²) in [5.74, 6) is -0.196. The van der Waals surface area contributed by atoms with E-state index < -0.39 is 86.8 Å². The van der Waals surface area contributed by atoms with Crippen LogP contribution in [0.1, 0.15) is 373 Å². The predicted octanol–water partition coefficient (Wildman–Crippen LogP) is 16.4. The van der Waals surface area contributed by atoms with Gasteiger partial charge in [-0.15, -0.1) is 0 Å². The van der Waals surface area contributed by atoms with Crippen molar-refractivity contribution >= 4 is 5.91 Å². The Morgan fingerprint density at radius 3 is 0.966 bits per heavy atom. The fourth-order valence-electron chi connectivity index (χ4n) is 13.2. The van der Waals surface area contributed by atoms with Gasteiger partial charge in [-0.25, -0.2) is 0 Å². The van der Waals surface area contributed by atoms with Crippen molar-refractivity contribution in [2.75, 3.05) is 19.8 Å². The van der Waals surface area contributed by atoms with Gasteiger partial charge in [0.25, 0.3) is 0 Å². The van der Waals surface area contributed by atoms with E-state index in [1.165, 1.54) is 295 Å². The summed E-state index contributed by atoms with van der Waals surface area (Å²) in [6.07, 6.45) is 55.7. The van der Waals surface area contributed by atoms with Gasteiger partial charge in [-0.2, -0.15) is 0 Å². The maximum atomic E-state index is 13.4. The summed E-state index contributed by atoms with van der Waals surface area (Å²) in [4.78, 5) is 13.4. The minimum Gasteiger partial charge on any atom is -0.394 e. The molecule has 1 amide bonds. The van der Waals surface area contributed by atoms with Crippen LogP contribution in [-0.2, 0) is 23.7 Å². The van der Waals surface area contributed by atoms with E-state index in [4.69, 9.17) is 18.9 Å². The maximum absolute atomic E-state index is 13.4. The second-order valence-corrected chi connectivity index (χ2v) is 27.5. The summed E-state index contributed by atoms with van der Waals surface area (Å²) in [6.45, 7) is 2.94. The van der Waals surface area contributed by atoms with Gasteiger partial charge < -0.3 is 65.1 Å². The fraction of sp³-hybridized carbons (Fsp3) is 0.986. The topological polar surface area (TPSA) is 228 Å². The number of hydrogen-bond acceptors (Lipinski definition) is 13. The van der Waals surface area contributed by atoms with E-state index in [9.17, 15) is 45.6 Å². The van der Waals surface area contributed by atoms with Gasteiger partial charge in [0.1, 0.15) is 48.8 Å². The highest BCUT2D eigenvalue weighted by molar-refractivity contribution is 5.76. The van der Waals surface area contributed by atoms with Gasteiger partial charge in [0.15, 0.2) is 12.6 Å². The van der Waals surface area contributed by atoms with Crippen LogP contribution in [0.25, 0.3) is 0 Å². The lowest BCUT2D eigenvalue weighted by Crippen LogP contribution is -2.65. The molecule has 0 spiro atoms. The summed E-state index contributed by atoms with van der Waals surface area (Å²) in [5, 5.41) is 87.7. The Hall–Kier alpha value is -1.01. The molecule has 14 heteroatoms. The van der Waals surface area contributed by atoms with Crippen LogP contribution in [0.2, 0.25) is 0 Å². The molecular formula is C74H145NO13. The zero-order valence-electron chi connectivity index (χ0n) is 57.3. The Kier molecular flexibility index (Phi) is 56.4. The third-order valence-electron chi connectivity index (χ3n) is 19.3. The summed E-state index contributed by atoms with van der Waals surface area (Å²) < 4.78 is 23.0. The molecule has 2 heterocycles. The molecule has 0 bridgehead atoms. The van der Waals surface area contributed by atoms with E-state index in [1.807, 2.05) is 0 Å². The summed E-state index contributed by atoms with van der Waals surface area (Å²) >= 11 is 0. The number of unbranched alkanes of at least 4 members (excludes halogenated alkanes) is 52. The molecule has 0 radical (unpaired) electrons. The van der Waals surface area contributed by atoms with Crippen LogP contribution in [0.15, 0.2) is 0 Å². The first-order valence-corrected chi connectivity index (χ1v) is 38.3. The number of carbonyl (C=O) groups is 1. The second kappa shape index (κ2) is 59.7. The van der Waals surface area contributed by atoms with Crippen molar-refractivity contribution in [3.8, 4) is 0 Å². The molecule has 0 aliphatic carbocycles. The van der Waals surface area contributed by atoms with Gasteiger partial charge in [-0.3, -0.25) is 4.79 Å². The summed E-state index contributed by atoms with van der Waals surface area (Å²) in [6, 6.07) is -0.824. The zero-order valence-corrected chi connectivity index (χ0v) is 57.3. The van der Waals surface area contributed by atoms with Crippen LogP contribution < -0.4 is 5.32 Å². The van der Waals surface area contributed by atoms with Gasteiger partial charge in [0, 0.05) is 6.42 Å². The van der Waals surface area contributed by atoms with E-state index in [2.05, 4.69) is 19.2 Å². The van der Waals surface area contributed by atoms with Gasteiger partial charge in [0.05, 0.1) is 32.0 Å². The fourth-order valence-corrected chi connectivity index (χ4v) is 13.2. The molecule has 524 valence electrons. The van der Waals surface area contributed by atoms with Gasteiger partial charge >= 0.3 is 0 Å². The molecule has 12 unspecified atom stereocenters. The molecule has 0 aromatic carbocycles. The maximum Gasteiger partial charge on any atom is 0.220 e. The third kappa shape index (κ3) is 43.1. The quantitative estimate of drug-likeness (QED) is 0.0259. The van der Waals surface area contributed by atoms with E-state index in [-0.39, 0.29) is 12.5 Å². The third-order valence-corrected chi connectivity index (χ3v) is 19.3. The molecule has 2 aliphatic rings. The highest BCUT2D eigenvalue weighted by Gasteiger charge is 2.51. The summed E-state index contributed by atoms with van der Waals surface area (Å²) in [5.41, 5.74) is 0. The van der Waals surface area contributed by atoms with Gasteiger partial charge in [-0.1, -0.05) is 354 Å². The Labute approximate surface area is 540 Å². The Balaban J connectivity index is 1.59. The first-order valence-electron chi connectivity index (χ1n) is 38.3. The molecule has 0 aromatic rings. The van der Waals surface area contributed by atoms with Crippen LogP contribution in [0.5, 0.6) is 0 Å². The van der Waals surface area contributed by atoms with E-state index in [0.717, 1.165) is 51.4 Å². The van der Waals surface area contributed by atoms with Crippen molar-refractivity contribution < 1.29 is 64.6 Å². The number of nitrogens with one attached hydrogen (secondary N) is 1. The first kappa shape index (κ1) is 83.1. The van der Waals surface area contributed by atoms with Crippen LogP contribution in [-0.4, -0.2) is 140 Å². The van der Waals surface area contributed by atoms with Gasteiger partial charge in [0.2, 0.25) is 5.91 Å². The van der Waals surface area contributed by atoms with Crippen molar-refractivity contribution in [3.63, 3.8) is 0 Å². The molecule has 0 aromatic heterocycles. The molecule has 14 nitrogen and oxygen atoms in total. The SMILES string of the molecule is CCCCCCCCCCCCCCCCCCCCCCCCCCCCCCCCCCCCC(=O)NC(COC1OC(CO)C(OC2OC(CO)C(O)C(O)C2O)C(O)C1O)C(O)CCCCCCCCCCCCCCCCCCCCCC. The Bertz CT molecular complexity index is 1480. The van der Waals surface area contributed by atoms with E-state index in [1.54, 1.807) is 0 Å². The Morgan fingerprint density at radius 2 is 0.648 bits per heavy atom. The molecule has 88 heavy (non-hydrogen) atoms. The lowest BCUT2D eigenvalue weighted by molar-refractivity contribution is -0.359. The van der Waals surface area contributed by atoms with Crippen LogP contribution in [0.3, 0.4) is 0 Å². The van der Waals surface area contributed by atoms with E-state index in [0.29, 0.717) is 12.8 Å². The number of rotatable bonds is 65. The minimum atomic E-state index is -1.78. The average molecular weight is 1260 g/mol. The molecule has 9 N–H and O–H groups in total.